The van der Waals surface area contributed by atoms with E-state index in [1.54, 1.807) is 11.6 Å². The maximum Gasteiger partial charge on any atom is 0.125 e. The molecule has 0 saturated heterocycles. The van der Waals surface area contributed by atoms with Gasteiger partial charge in [0.05, 0.1) is 14.3 Å². The third kappa shape index (κ3) is 1.95. The van der Waals surface area contributed by atoms with Crippen LogP contribution < -0.4 is 15.5 Å². The van der Waals surface area contributed by atoms with Crippen LogP contribution in [0, 0.1) is 0 Å². The summed E-state index contributed by atoms with van der Waals surface area (Å²) in [6.45, 7) is 0.690. The average Bonchev–Trinajstić information content (AvgIpc) is 2.21. The highest BCUT2D eigenvalue weighted by Gasteiger charge is 2.07. The Morgan fingerprint density at radius 2 is 2.00 bits per heavy atom. The van der Waals surface area contributed by atoms with Crippen LogP contribution in [-0.4, -0.2) is 12.3 Å². The Labute approximate surface area is 83.9 Å². The lowest BCUT2D eigenvalue weighted by atomic mass is 10.2. The zero-order chi connectivity index (χ0) is 9.97. The van der Waals surface area contributed by atoms with Gasteiger partial charge in [-0.2, -0.15) is 0 Å². The zero-order valence-electron chi connectivity index (χ0n) is 7.63. The van der Waals surface area contributed by atoms with Gasteiger partial charge >= 0.3 is 0 Å². The molecule has 0 radical (unpaired) electrons. The van der Waals surface area contributed by atoms with Gasteiger partial charge < -0.3 is 15.5 Å². The number of hydrogen-bond acceptors (Lipinski definition) is 3. The van der Waals surface area contributed by atoms with Crippen molar-refractivity contribution in [2.45, 2.75) is 0 Å². The molecule has 14 heavy (non-hydrogen) atoms. The largest absolute Gasteiger partial charge is 0.626 e. The smallest absolute Gasteiger partial charge is 0.125 e. The summed E-state index contributed by atoms with van der Waals surface area (Å²) in [4.78, 5) is 13.1. The van der Waals surface area contributed by atoms with Crippen LogP contribution in [0.4, 0.5) is 11.4 Å². The molecule has 1 heterocycles. The Kier molecular flexibility index (Phi) is 2.53. The van der Waals surface area contributed by atoms with E-state index in [0.717, 1.165) is 11.4 Å². The summed E-state index contributed by atoms with van der Waals surface area (Å²) in [6.07, 6.45) is 1.85. The quantitative estimate of drug-likeness (QED) is 0.553. The molecule has 0 aliphatic carbocycles. The zero-order valence-corrected chi connectivity index (χ0v) is 8.52. The number of rotatable bonds is 1. The summed E-state index contributed by atoms with van der Waals surface area (Å²) in [6, 6.07) is 7.62. The van der Waals surface area contributed by atoms with E-state index in [-0.39, 0.29) is 0 Å². The lowest BCUT2D eigenvalue weighted by Crippen LogP contribution is -2.20. The number of nitrogens with two attached hydrogens (primary N) is 1. The molecule has 0 amide bonds. The third-order valence-corrected chi connectivity index (χ3v) is 3.03. The fraction of sp³-hybridized carbons (Fsp3) is 0.100. The second kappa shape index (κ2) is 3.82. The summed E-state index contributed by atoms with van der Waals surface area (Å²) < 4.78 is 0. The molecule has 0 bridgehead atoms. The molecule has 1 aliphatic heterocycles. The van der Waals surface area contributed by atoms with E-state index in [1.807, 2.05) is 35.4 Å². The summed E-state index contributed by atoms with van der Waals surface area (Å²) in [5.74, 6) is 3.50. The number of anilines is 2. The molecule has 3 nitrogen and oxygen atoms in total. The van der Waals surface area contributed by atoms with E-state index in [2.05, 4.69) is 0 Å². The minimum absolute atomic E-state index is 0.690. The van der Waals surface area contributed by atoms with Gasteiger partial charge in [0.15, 0.2) is 0 Å². The van der Waals surface area contributed by atoms with Crippen LogP contribution in [0.25, 0.3) is 0 Å². The molecule has 1 aliphatic rings. The number of nitrogens with zero attached hydrogens (tertiary/aromatic N) is 1. The third-order valence-electron chi connectivity index (χ3n) is 2.08. The Hall–Kier alpha value is -1.31. The molecule has 4 heteroatoms. The molecule has 0 fully saturated rings. The predicted molar refractivity (Wildman–Crippen MR) is 60.3 cm³/mol. The summed E-state index contributed by atoms with van der Waals surface area (Å²) in [7, 11) is -1.24. The Morgan fingerprint density at radius 1 is 1.29 bits per heavy atom. The highest BCUT2D eigenvalue weighted by molar-refractivity contribution is 7.53. The van der Waals surface area contributed by atoms with Crippen LogP contribution in [0.1, 0.15) is 0 Å². The Morgan fingerprint density at radius 3 is 2.57 bits per heavy atom. The first-order valence-corrected chi connectivity index (χ1v) is 5.75. The van der Waals surface area contributed by atoms with Gasteiger partial charge in [0.2, 0.25) is 0 Å². The van der Waals surface area contributed by atoms with E-state index in [0.29, 0.717) is 6.54 Å². The van der Waals surface area contributed by atoms with Crippen molar-refractivity contribution < 1.29 is 4.89 Å². The highest BCUT2D eigenvalue weighted by atomic mass is 31.1. The van der Waals surface area contributed by atoms with Gasteiger partial charge in [-0.1, -0.05) is 0 Å². The van der Waals surface area contributed by atoms with Gasteiger partial charge in [-0.05, 0) is 24.3 Å². The summed E-state index contributed by atoms with van der Waals surface area (Å²) in [5.41, 5.74) is 7.41. The van der Waals surface area contributed by atoms with Crippen molar-refractivity contribution in [3.63, 3.8) is 0 Å². The van der Waals surface area contributed by atoms with Crippen LogP contribution in [-0.2, 0) is 0 Å². The van der Waals surface area contributed by atoms with E-state index in [1.165, 1.54) is 0 Å². The molecule has 0 aromatic heterocycles. The molecule has 2 rings (SSSR count). The molecule has 1 aromatic carbocycles. The lowest BCUT2D eigenvalue weighted by molar-refractivity contribution is -0.150. The first-order chi connectivity index (χ1) is 6.75. The van der Waals surface area contributed by atoms with Crippen molar-refractivity contribution in [3.05, 3.63) is 36.3 Å². The van der Waals surface area contributed by atoms with Crippen molar-refractivity contribution in [2.75, 3.05) is 17.2 Å². The molecule has 1 atom stereocenters. The summed E-state index contributed by atoms with van der Waals surface area (Å²) >= 11 is 0. The molecule has 0 spiro atoms. The Balaban J connectivity index is 2.18. The maximum atomic E-state index is 11.1. The van der Waals surface area contributed by atoms with E-state index < -0.39 is 7.77 Å². The van der Waals surface area contributed by atoms with Crippen LogP contribution in [0.3, 0.4) is 0 Å². The molecule has 2 N–H and O–H groups in total. The van der Waals surface area contributed by atoms with Gasteiger partial charge in [-0.15, -0.1) is 0 Å². The van der Waals surface area contributed by atoms with Crippen molar-refractivity contribution in [2.24, 2.45) is 0 Å². The van der Waals surface area contributed by atoms with Crippen LogP contribution in [0.2, 0.25) is 0 Å². The number of benzene rings is 1. The minimum Gasteiger partial charge on any atom is -0.626 e. The van der Waals surface area contributed by atoms with Gasteiger partial charge in [0, 0.05) is 17.6 Å². The number of hydrogen-bond donors (Lipinski definition) is 1. The first kappa shape index (κ1) is 9.25. The fourth-order valence-corrected chi connectivity index (χ4v) is 2.04. The molecule has 1 unspecified atom stereocenters. The molecule has 72 valence electrons. The van der Waals surface area contributed by atoms with Gasteiger partial charge in [-0.25, -0.2) is 0 Å². The molecular weight excluding hydrogens is 195 g/mol. The second-order valence-corrected chi connectivity index (χ2v) is 4.47. The van der Waals surface area contributed by atoms with Crippen LogP contribution in [0.5, 0.6) is 0 Å². The highest BCUT2D eigenvalue weighted by Crippen LogP contribution is 2.22. The SMILES string of the molecule is Nc1ccc(N2C=C[P+]([O-])=CC2)cc1. The summed E-state index contributed by atoms with van der Waals surface area (Å²) in [5, 5.41) is 0. The van der Waals surface area contributed by atoms with E-state index >= 15 is 0 Å². The van der Waals surface area contributed by atoms with Crippen molar-refractivity contribution >= 4 is 24.9 Å². The number of nitrogen functional groups attached to an aromatic ring is 1. The van der Waals surface area contributed by atoms with E-state index in [4.69, 9.17) is 5.73 Å². The topological polar surface area (TPSA) is 52.3 Å². The maximum absolute atomic E-state index is 11.1. The average molecular weight is 206 g/mol. The fourth-order valence-electron chi connectivity index (χ4n) is 1.29. The molecule has 0 saturated carbocycles. The molecule has 1 aromatic rings. The van der Waals surface area contributed by atoms with Gasteiger partial charge in [-0.3, -0.25) is 0 Å². The first-order valence-electron chi connectivity index (χ1n) is 4.35. The van der Waals surface area contributed by atoms with Crippen LogP contribution in [0.15, 0.2) is 36.3 Å². The monoisotopic (exact) mass is 206 g/mol. The Bertz CT molecular complexity index is 384. The normalized spacial score (nSPS) is 18.1. The van der Waals surface area contributed by atoms with Crippen molar-refractivity contribution in [3.8, 4) is 0 Å². The standard InChI is InChI=1S/C10H11N2OP/c11-9-1-3-10(4-2-9)12-5-7-14(13)8-6-12/h1-5,7-8H,6,11H2. The molecular formula is C10H11N2OP. The van der Waals surface area contributed by atoms with Gasteiger partial charge in [0.1, 0.15) is 11.6 Å². The predicted octanol–water partition coefficient (Wildman–Crippen LogP) is 1.12. The van der Waals surface area contributed by atoms with Crippen LogP contribution >= 0.6 is 7.77 Å². The van der Waals surface area contributed by atoms with Crippen molar-refractivity contribution in [1.29, 1.82) is 0 Å². The lowest BCUT2D eigenvalue weighted by Gasteiger charge is -2.19. The minimum atomic E-state index is -1.24. The van der Waals surface area contributed by atoms with Gasteiger partial charge in [0.25, 0.3) is 0 Å². The second-order valence-electron chi connectivity index (χ2n) is 3.08. The van der Waals surface area contributed by atoms with Crippen molar-refractivity contribution in [1.82, 2.24) is 0 Å². The van der Waals surface area contributed by atoms with E-state index in [9.17, 15) is 4.89 Å².